The largest absolute Gasteiger partial charge is 0.135 e. The minimum absolute atomic E-state index is 1.06. The van der Waals surface area contributed by atoms with Crippen LogP contribution < -0.4 is 0 Å². The molecule has 1 aromatic rings. The van der Waals surface area contributed by atoms with Crippen molar-refractivity contribution in [2.24, 2.45) is 0 Å². The monoisotopic (exact) mass is 136 g/mol. The van der Waals surface area contributed by atoms with Crippen LogP contribution in [0.1, 0.15) is 16.0 Å². The van der Waals surface area contributed by atoms with Gasteiger partial charge in [0.1, 0.15) is 0 Å². The highest BCUT2D eigenvalue weighted by Crippen LogP contribution is 2.18. The fourth-order valence-corrected chi connectivity index (χ4v) is 1.52. The SMILES string of the molecule is C#Cc1scc(C)c1C. The Balaban J connectivity index is 3.24. The molecule has 0 bridgehead atoms. The van der Waals surface area contributed by atoms with Gasteiger partial charge in [0.25, 0.3) is 0 Å². The number of aryl methyl sites for hydroxylation is 1. The molecule has 9 heavy (non-hydrogen) atoms. The molecule has 1 heteroatoms. The van der Waals surface area contributed by atoms with Gasteiger partial charge in [-0.15, -0.1) is 17.8 Å². The first-order valence-corrected chi connectivity index (χ1v) is 3.65. The third-order valence-corrected chi connectivity index (χ3v) is 2.55. The minimum Gasteiger partial charge on any atom is -0.135 e. The van der Waals surface area contributed by atoms with Crippen LogP contribution in [0.4, 0.5) is 0 Å². The molecule has 0 aliphatic heterocycles. The van der Waals surface area contributed by atoms with Crippen molar-refractivity contribution in [2.75, 3.05) is 0 Å². The van der Waals surface area contributed by atoms with Crippen LogP contribution in [-0.2, 0) is 0 Å². The van der Waals surface area contributed by atoms with Gasteiger partial charge in [-0.25, -0.2) is 0 Å². The molecule has 1 rings (SSSR count). The summed E-state index contributed by atoms with van der Waals surface area (Å²) in [5.74, 6) is 2.63. The molecule has 0 aliphatic rings. The maximum absolute atomic E-state index is 5.22. The summed E-state index contributed by atoms with van der Waals surface area (Å²) in [5, 5.41) is 2.09. The van der Waals surface area contributed by atoms with E-state index in [1.165, 1.54) is 11.1 Å². The zero-order valence-corrected chi connectivity index (χ0v) is 6.38. The Kier molecular flexibility index (Phi) is 1.59. The van der Waals surface area contributed by atoms with Crippen molar-refractivity contribution in [3.63, 3.8) is 0 Å². The summed E-state index contributed by atoms with van der Waals surface area (Å²) in [5.41, 5.74) is 2.55. The van der Waals surface area contributed by atoms with Gasteiger partial charge < -0.3 is 0 Å². The van der Waals surface area contributed by atoms with Crippen LogP contribution in [0, 0.1) is 26.2 Å². The molecule has 0 nitrogen and oxygen atoms in total. The fourth-order valence-electron chi connectivity index (χ4n) is 0.645. The lowest BCUT2D eigenvalue weighted by Gasteiger charge is -1.86. The predicted molar refractivity (Wildman–Crippen MR) is 41.7 cm³/mol. The molecule has 0 fully saturated rings. The Hall–Kier alpha value is -0.740. The number of hydrogen-bond donors (Lipinski definition) is 0. The first-order chi connectivity index (χ1) is 4.25. The van der Waals surface area contributed by atoms with E-state index in [4.69, 9.17) is 6.42 Å². The second-order valence-corrected chi connectivity index (χ2v) is 2.90. The summed E-state index contributed by atoms with van der Waals surface area (Å²) in [7, 11) is 0. The molecule has 0 radical (unpaired) electrons. The summed E-state index contributed by atoms with van der Waals surface area (Å²) < 4.78 is 0. The molecule has 0 aromatic carbocycles. The summed E-state index contributed by atoms with van der Waals surface area (Å²) in [6, 6.07) is 0. The van der Waals surface area contributed by atoms with Crippen molar-refractivity contribution in [2.45, 2.75) is 13.8 Å². The zero-order valence-electron chi connectivity index (χ0n) is 5.56. The van der Waals surface area contributed by atoms with Gasteiger partial charge in [0, 0.05) is 0 Å². The molecule has 0 unspecified atom stereocenters. The first-order valence-electron chi connectivity index (χ1n) is 2.77. The highest BCUT2D eigenvalue weighted by Gasteiger charge is 1.98. The van der Waals surface area contributed by atoms with E-state index in [1.54, 1.807) is 11.3 Å². The van der Waals surface area contributed by atoms with E-state index in [1.807, 2.05) is 0 Å². The minimum atomic E-state index is 1.06. The Labute approximate surface area is 59.5 Å². The summed E-state index contributed by atoms with van der Waals surface area (Å²) >= 11 is 1.64. The molecule has 0 N–H and O–H groups in total. The quantitative estimate of drug-likeness (QED) is 0.480. The van der Waals surface area contributed by atoms with Crippen molar-refractivity contribution in [1.82, 2.24) is 0 Å². The fraction of sp³-hybridized carbons (Fsp3) is 0.250. The molecule has 0 atom stereocenters. The van der Waals surface area contributed by atoms with Gasteiger partial charge in [0.15, 0.2) is 0 Å². The van der Waals surface area contributed by atoms with Gasteiger partial charge in [-0.1, -0.05) is 5.92 Å². The van der Waals surface area contributed by atoms with Crippen molar-refractivity contribution in [1.29, 1.82) is 0 Å². The predicted octanol–water partition coefficient (Wildman–Crippen LogP) is 2.35. The lowest BCUT2D eigenvalue weighted by Crippen LogP contribution is -1.72. The second-order valence-electron chi connectivity index (χ2n) is 2.02. The van der Waals surface area contributed by atoms with E-state index in [-0.39, 0.29) is 0 Å². The molecule has 1 aromatic heterocycles. The second kappa shape index (κ2) is 2.24. The smallest absolute Gasteiger partial charge is 0.0797 e. The number of rotatable bonds is 0. The Bertz CT molecular complexity index is 250. The average Bonchev–Trinajstić information content (AvgIpc) is 2.15. The number of terminal acetylenes is 1. The van der Waals surface area contributed by atoms with E-state index in [9.17, 15) is 0 Å². The molecule has 0 saturated carbocycles. The third-order valence-electron chi connectivity index (χ3n) is 1.42. The summed E-state index contributed by atoms with van der Waals surface area (Å²) in [6.45, 7) is 4.13. The Morgan fingerprint density at radius 1 is 1.56 bits per heavy atom. The lowest BCUT2D eigenvalue weighted by atomic mass is 10.2. The lowest BCUT2D eigenvalue weighted by molar-refractivity contribution is 1.39. The molecule has 0 aliphatic carbocycles. The van der Waals surface area contributed by atoms with E-state index < -0.39 is 0 Å². The highest BCUT2D eigenvalue weighted by molar-refractivity contribution is 7.10. The van der Waals surface area contributed by atoms with Crippen molar-refractivity contribution in [3.8, 4) is 12.3 Å². The van der Waals surface area contributed by atoms with Gasteiger partial charge in [-0.2, -0.15) is 0 Å². The zero-order chi connectivity index (χ0) is 6.85. The Morgan fingerprint density at radius 3 is 2.44 bits per heavy atom. The molecule has 0 saturated heterocycles. The van der Waals surface area contributed by atoms with Crippen LogP contribution in [0.15, 0.2) is 5.38 Å². The normalized spacial score (nSPS) is 9.00. The van der Waals surface area contributed by atoms with Crippen LogP contribution in [0.3, 0.4) is 0 Å². The summed E-state index contributed by atoms with van der Waals surface area (Å²) in [4.78, 5) is 1.06. The molecule has 0 amide bonds. The standard InChI is InChI=1S/C8H8S/c1-4-8-7(3)6(2)5-9-8/h1,5H,2-3H3. The van der Waals surface area contributed by atoms with Crippen LogP contribution in [-0.4, -0.2) is 0 Å². The highest BCUT2D eigenvalue weighted by atomic mass is 32.1. The number of thiophene rings is 1. The van der Waals surface area contributed by atoms with E-state index in [0.717, 1.165) is 4.88 Å². The number of hydrogen-bond acceptors (Lipinski definition) is 1. The van der Waals surface area contributed by atoms with Crippen LogP contribution in [0.25, 0.3) is 0 Å². The van der Waals surface area contributed by atoms with Crippen molar-refractivity contribution < 1.29 is 0 Å². The first kappa shape index (κ1) is 6.38. The molecule has 0 spiro atoms. The topological polar surface area (TPSA) is 0 Å². The van der Waals surface area contributed by atoms with Crippen LogP contribution >= 0.6 is 11.3 Å². The van der Waals surface area contributed by atoms with E-state index >= 15 is 0 Å². The van der Waals surface area contributed by atoms with Crippen molar-refractivity contribution >= 4 is 11.3 Å². The maximum Gasteiger partial charge on any atom is 0.0797 e. The van der Waals surface area contributed by atoms with Gasteiger partial charge in [-0.3, -0.25) is 0 Å². The van der Waals surface area contributed by atoms with Gasteiger partial charge in [0.2, 0.25) is 0 Å². The van der Waals surface area contributed by atoms with E-state index in [2.05, 4.69) is 25.1 Å². The molecular formula is C8H8S. The van der Waals surface area contributed by atoms with Crippen LogP contribution in [0.2, 0.25) is 0 Å². The van der Waals surface area contributed by atoms with Gasteiger partial charge in [0.05, 0.1) is 4.88 Å². The Morgan fingerprint density at radius 2 is 2.22 bits per heavy atom. The maximum atomic E-state index is 5.22. The molecule has 1 heterocycles. The van der Waals surface area contributed by atoms with Gasteiger partial charge in [-0.05, 0) is 30.4 Å². The summed E-state index contributed by atoms with van der Waals surface area (Å²) in [6.07, 6.45) is 5.22. The third kappa shape index (κ3) is 0.988. The van der Waals surface area contributed by atoms with Crippen LogP contribution in [0.5, 0.6) is 0 Å². The molecule has 46 valence electrons. The van der Waals surface area contributed by atoms with E-state index in [0.29, 0.717) is 0 Å². The van der Waals surface area contributed by atoms with Gasteiger partial charge >= 0.3 is 0 Å². The molecular weight excluding hydrogens is 128 g/mol. The average molecular weight is 136 g/mol. The van der Waals surface area contributed by atoms with Crippen molar-refractivity contribution in [3.05, 3.63) is 21.4 Å².